The number of benzene rings is 4. The van der Waals surface area contributed by atoms with Gasteiger partial charge < -0.3 is 119 Å². The Labute approximate surface area is 771 Å². The molecule has 4 saturated heterocycles. The number of aliphatic hydroxyl groups is 1. The lowest BCUT2D eigenvalue weighted by Crippen LogP contribution is -2.34. The summed E-state index contributed by atoms with van der Waals surface area (Å²) in [5.74, 6) is -0.311. The number of fused-ring (bicyclic) bond motifs is 16. The van der Waals surface area contributed by atoms with Crippen LogP contribution in [0.15, 0.2) is 97.1 Å². The highest BCUT2D eigenvalue weighted by Gasteiger charge is 2.56. The van der Waals surface area contributed by atoms with Crippen molar-refractivity contribution in [2.75, 3.05) is 84.1 Å². The summed E-state index contributed by atoms with van der Waals surface area (Å²) in [6.07, 6.45) is 14.7. The lowest BCUT2D eigenvalue weighted by atomic mass is 9.96. The Morgan fingerprint density at radius 1 is 0.318 bits per heavy atom. The lowest BCUT2D eigenvalue weighted by Gasteiger charge is -2.22. The van der Waals surface area contributed by atoms with Crippen molar-refractivity contribution in [2.45, 2.75) is 286 Å². The smallest absolute Gasteiger partial charge is 0.342 e. The summed E-state index contributed by atoms with van der Waals surface area (Å²) in [7, 11) is 12.4. The molecule has 1 N–H and O–H groups in total. The minimum absolute atomic E-state index is 0.00117. The maximum Gasteiger partial charge on any atom is 0.342 e. The van der Waals surface area contributed by atoms with E-state index in [4.69, 9.17) is 114 Å². The zero-order chi connectivity index (χ0) is 95.0. The molecule has 12 aliphatic rings. The molecular formula is C100H130O32. The first-order valence-corrected chi connectivity index (χ1v) is 45.5. The molecule has 0 bridgehead atoms. The summed E-state index contributed by atoms with van der Waals surface area (Å²) in [4.78, 5) is 91.5. The van der Waals surface area contributed by atoms with Gasteiger partial charge in [-0.25, -0.2) is 19.2 Å². The third-order valence-corrected chi connectivity index (χ3v) is 25.2. The van der Waals surface area contributed by atoms with Crippen LogP contribution >= 0.6 is 0 Å². The van der Waals surface area contributed by atoms with Gasteiger partial charge in [-0.15, -0.1) is 0 Å². The Morgan fingerprint density at radius 3 is 0.818 bits per heavy atom. The zero-order valence-corrected chi connectivity index (χ0v) is 79.3. The molecule has 9 unspecified atom stereocenters. The quantitative estimate of drug-likeness (QED) is 0.0471. The highest BCUT2D eigenvalue weighted by Crippen LogP contribution is 2.60. The van der Waals surface area contributed by atoms with E-state index in [0.717, 1.165) is 47.9 Å². The second-order valence-electron chi connectivity index (χ2n) is 37.5. The van der Waals surface area contributed by atoms with E-state index in [1.807, 2.05) is 92.7 Å². The summed E-state index contributed by atoms with van der Waals surface area (Å²) < 4.78 is 136. The first-order valence-electron chi connectivity index (χ1n) is 45.5. The third kappa shape index (κ3) is 25.0. The van der Waals surface area contributed by atoms with E-state index >= 15 is 0 Å². The van der Waals surface area contributed by atoms with Crippen LogP contribution in [-0.2, 0) is 90.2 Å². The molecule has 8 fully saturated rings. The van der Waals surface area contributed by atoms with Gasteiger partial charge in [0.25, 0.3) is 0 Å². The van der Waals surface area contributed by atoms with Crippen molar-refractivity contribution in [3.8, 4) is 46.0 Å². The Hall–Kier alpha value is -9.39. The average molecular weight is 1840 g/mol. The summed E-state index contributed by atoms with van der Waals surface area (Å²) in [6, 6.07) is 14.2. The van der Waals surface area contributed by atoms with E-state index in [9.17, 15) is 38.7 Å². The number of hydrogen-bond acceptors (Lipinski definition) is 32. The van der Waals surface area contributed by atoms with Crippen molar-refractivity contribution in [3.05, 3.63) is 142 Å². The molecule has 4 aromatic rings. The molecule has 8 heterocycles. The van der Waals surface area contributed by atoms with E-state index in [1.165, 1.54) is 46.7 Å². The van der Waals surface area contributed by atoms with E-state index in [2.05, 4.69) is 0 Å². The monoisotopic (exact) mass is 1840 g/mol. The minimum Gasteiger partial charge on any atom is -0.497 e. The first-order chi connectivity index (χ1) is 62.9. The molecule has 8 aliphatic heterocycles. The Kier molecular flexibility index (Phi) is 32.7. The molecule has 0 aromatic heterocycles. The van der Waals surface area contributed by atoms with Crippen LogP contribution in [0.3, 0.4) is 0 Å². The SMILES string of the molecule is COCOc1cc(OC)cc2c1C(=O)O[C@@H](C)C/C=C/C(=O)[C@H]1OC(C)(C)O[C@H]1CC1CC21.COCOc1cc(OC)cc2c1C(=O)O[C@@H](C)C/C=C\C(=O)[C@H]1OC(C)(C)O[C@H]1CC1CC21.COCOc1cc(OC)cc2c1C(=O)O[C@@H](C)C/C=C\C(=O)[C@H]1OC(C)(C)O[C@H]1CC1CC21.COCOc1cc(OC)cc2c1C(=O)O[C@@H](C)C/C=C\C(O)[C@H]1OC(C)(C)O[C@H]1CC1CC21. The van der Waals surface area contributed by atoms with Gasteiger partial charge in [0, 0.05) is 78.4 Å². The van der Waals surface area contributed by atoms with Gasteiger partial charge in [0.2, 0.25) is 0 Å². The van der Waals surface area contributed by atoms with Crippen LogP contribution in [-0.4, -0.2) is 233 Å². The van der Waals surface area contributed by atoms with Gasteiger partial charge in [0.1, 0.15) is 123 Å². The Bertz CT molecular complexity index is 4540. The molecule has 21 atom stereocenters. The van der Waals surface area contributed by atoms with Gasteiger partial charge in [-0.05, 0) is 247 Å². The summed E-state index contributed by atoms with van der Waals surface area (Å²) in [5.41, 5.74) is 4.88. The molecule has 4 saturated carbocycles. The van der Waals surface area contributed by atoms with Crippen molar-refractivity contribution in [2.24, 2.45) is 23.7 Å². The predicted molar refractivity (Wildman–Crippen MR) is 475 cm³/mol. The number of methoxy groups -OCH3 is 8. The molecule has 32 heteroatoms. The fourth-order valence-corrected chi connectivity index (χ4v) is 18.8. The van der Waals surface area contributed by atoms with Gasteiger partial charge >= 0.3 is 23.9 Å². The second-order valence-corrected chi connectivity index (χ2v) is 37.5. The van der Waals surface area contributed by atoms with Crippen LogP contribution in [0.5, 0.6) is 46.0 Å². The lowest BCUT2D eigenvalue weighted by molar-refractivity contribution is -0.153. The first kappa shape index (κ1) is 100. The molecule has 4 aliphatic carbocycles. The van der Waals surface area contributed by atoms with E-state index in [0.29, 0.717) is 120 Å². The Morgan fingerprint density at radius 2 is 0.561 bits per heavy atom. The maximum atomic E-state index is 13.3. The maximum absolute atomic E-state index is 13.3. The number of carbonyl (C=O) groups is 7. The molecule has 132 heavy (non-hydrogen) atoms. The van der Waals surface area contributed by atoms with Gasteiger partial charge in [-0.3, -0.25) is 14.4 Å². The van der Waals surface area contributed by atoms with Gasteiger partial charge in [0.15, 0.2) is 67.7 Å². The zero-order valence-electron chi connectivity index (χ0n) is 79.3. The number of hydrogen-bond donors (Lipinski definition) is 1. The van der Waals surface area contributed by atoms with Gasteiger partial charge in [-0.2, -0.15) is 0 Å². The average Bonchev–Trinajstić information content (AvgIpc) is 1.61. The van der Waals surface area contributed by atoms with E-state index in [1.54, 1.807) is 97.8 Å². The van der Waals surface area contributed by atoms with Gasteiger partial charge in [-0.1, -0.05) is 30.4 Å². The van der Waals surface area contributed by atoms with Crippen LogP contribution in [0.2, 0.25) is 0 Å². The van der Waals surface area contributed by atoms with Crippen molar-refractivity contribution < 1.29 is 152 Å². The van der Waals surface area contributed by atoms with Crippen molar-refractivity contribution >= 4 is 41.2 Å². The van der Waals surface area contributed by atoms with Crippen LogP contribution in [0.25, 0.3) is 0 Å². The molecule has 4 aromatic carbocycles. The highest BCUT2D eigenvalue weighted by molar-refractivity contribution is 5.99. The minimum atomic E-state index is -0.828. The van der Waals surface area contributed by atoms with Crippen LogP contribution < -0.4 is 37.9 Å². The topological polar surface area (TPSA) is 361 Å². The highest BCUT2D eigenvalue weighted by atomic mass is 16.8. The van der Waals surface area contributed by atoms with Crippen molar-refractivity contribution in [1.82, 2.24) is 0 Å². The van der Waals surface area contributed by atoms with Crippen LogP contribution in [0, 0.1) is 23.7 Å². The number of carbonyl (C=O) groups excluding carboxylic acids is 7. The van der Waals surface area contributed by atoms with E-state index < -0.39 is 102 Å². The normalized spacial score (nSPS) is 32.5. The number of aliphatic hydroxyl groups excluding tert-OH is 1. The molecule has 16 rings (SSSR count). The van der Waals surface area contributed by atoms with Crippen LogP contribution in [0.4, 0.5) is 0 Å². The standard InChI is InChI=1S/C25H34O8.3C25H32O8/c4*1-14-7-6-8-19(26)23-21(32-25(2,3)33-23)10-15-9-17(15)18-11-16(29-5)12-20(30-13-28-4)22(18)24(27)31-14/h6,8,11-12,14-15,17,19,21,23,26H,7,9-10,13H2,1-5H3;3*6,8,11-12,14-15,17,21,23H,7,9-10,13H2,1-5H3/b8-6-;8-6+;2*8-6-/t14-,15?,17?,19?,21-,23+;3*14-,15?,17?,21-,23+/m0000/s1. The molecule has 0 radical (unpaired) electrons. The largest absolute Gasteiger partial charge is 0.497 e. The predicted octanol–water partition coefficient (Wildman–Crippen LogP) is 14.9. The summed E-state index contributed by atoms with van der Waals surface area (Å²) in [5, 5.41) is 10.8. The fourth-order valence-electron chi connectivity index (χ4n) is 18.8. The number of ether oxygens (including phenoxy) is 24. The number of esters is 4. The molecule has 32 nitrogen and oxygen atoms in total. The number of rotatable bonds is 16. The Balaban J connectivity index is 0.000000150. The molecule has 0 spiro atoms. The van der Waals surface area contributed by atoms with Gasteiger partial charge in [0.05, 0.1) is 52.9 Å². The van der Waals surface area contributed by atoms with E-state index in [-0.39, 0.29) is 116 Å². The van der Waals surface area contributed by atoms with Crippen molar-refractivity contribution in [1.29, 1.82) is 0 Å². The third-order valence-electron chi connectivity index (χ3n) is 25.2. The van der Waals surface area contributed by atoms with Crippen LogP contribution in [0.1, 0.15) is 247 Å². The summed E-state index contributed by atoms with van der Waals surface area (Å²) >= 11 is 0. The van der Waals surface area contributed by atoms with Crippen molar-refractivity contribution in [3.63, 3.8) is 0 Å². The summed E-state index contributed by atoms with van der Waals surface area (Å²) in [6.45, 7) is 21.8. The molecule has 0 amide bonds. The number of cyclic esters (lactones) is 4. The second kappa shape index (κ2) is 43.1. The fraction of sp³-hybridized carbons (Fsp3) is 0.610. The molecule has 722 valence electrons. The number of ketones is 3. The molecular weight excluding hydrogens is 1710 g/mol.